The number of amides is 1. The fraction of sp³-hybridized carbons (Fsp3) is 0.0588. The number of carbonyl (C=O) groups excluding carboxylic acids is 1. The predicted molar refractivity (Wildman–Crippen MR) is 91.0 cm³/mol. The lowest BCUT2D eigenvalue weighted by Gasteiger charge is -2.05. The van der Waals surface area contributed by atoms with Crippen molar-refractivity contribution in [3.05, 3.63) is 76.5 Å². The Morgan fingerprint density at radius 1 is 1.21 bits per heavy atom. The van der Waals surface area contributed by atoms with Crippen molar-refractivity contribution in [2.24, 2.45) is 5.10 Å². The van der Waals surface area contributed by atoms with Gasteiger partial charge in [0, 0.05) is 0 Å². The van der Waals surface area contributed by atoms with E-state index >= 15 is 0 Å². The standard InChI is InChI=1S/C17H13BrN2O4/c18-14-5-1-2-6-15(14)23-11-13-7-8-16(24-13)17(21)20-19-10-12-4-3-9-22-12/h1-10H,11H2,(H,20,21)/b19-10+. The molecule has 0 unspecified atom stereocenters. The summed E-state index contributed by atoms with van der Waals surface area (Å²) in [5.74, 6) is 1.47. The van der Waals surface area contributed by atoms with Gasteiger partial charge in [-0.25, -0.2) is 5.43 Å². The van der Waals surface area contributed by atoms with Crippen LogP contribution in [-0.2, 0) is 6.61 Å². The Morgan fingerprint density at radius 3 is 2.88 bits per heavy atom. The second-order valence-electron chi connectivity index (χ2n) is 4.70. The van der Waals surface area contributed by atoms with Crippen LogP contribution in [0, 0.1) is 0 Å². The number of benzene rings is 1. The van der Waals surface area contributed by atoms with Crippen LogP contribution in [0.2, 0.25) is 0 Å². The molecule has 0 saturated carbocycles. The summed E-state index contributed by atoms with van der Waals surface area (Å²) in [5, 5.41) is 3.79. The predicted octanol–water partition coefficient (Wildman–Crippen LogP) is 3.98. The third kappa shape index (κ3) is 4.14. The Labute approximate surface area is 146 Å². The molecule has 0 aliphatic carbocycles. The largest absolute Gasteiger partial charge is 0.484 e. The van der Waals surface area contributed by atoms with E-state index in [0.717, 1.165) is 4.47 Å². The number of carbonyl (C=O) groups is 1. The molecule has 0 saturated heterocycles. The lowest BCUT2D eigenvalue weighted by Crippen LogP contribution is -2.16. The molecule has 0 fully saturated rings. The zero-order chi connectivity index (χ0) is 16.8. The van der Waals surface area contributed by atoms with Gasteiger partial charge in [0.25, 0.3) is 0 Å². The van der Waals surface area contributed by atoms with Gasteiger partial charge >= 0.3 is 5.91 Å². The van der Waals surface area contributed by atoms with E-state index in [4.69, 9.17) is 13.6 Å². The minimum Gasteiger partial charge on any atom is -0.484 e. The molecule has 0 atom stereocenters. The summed E-state index contributed by atoms with van der Waals surface area (Å²) in [7, 11) is 0. The maximum absolute atomic E-state index is 11.9. The first-order valence-electron chi connectivity index (χ1n) is 7.05. The monoisotopic (exact) mass is 388 g/mol. The van der Waals surface area contributed by atoms with Gasteiger partial charge in [-0.05, 0) is 52.3 Å². The van der Waals surface area contributed by atoms with Crippen LogP contribution in [0.5, 0.6) is 5.75 Å². The number of nitrogens with zero attached hydrogens (tertiary/aromatic N) is 1. The second kappa shape index (κ2) is 7.65. The van der Waals surface area contributed by atoms with Crippen molar-refractivity contribution in [3.8, 4) is 5.75 Å². The number of hydrogen-bond acceptors (Lipinski definition) is 5. The van der Waals surface area contributed by atoms with E-state index < -0.39 is 5.91 Å². The molecule has 0 aliphatic rings. The average molecular weight is 389 g/mol. The van der Waals surface area contributed by atoms with E-state index in [1.807, 2.05) is 24.3 Å². The van der Waals surface area contributed by atoms with Crippen molar-refractivity contribution >= 4 is 28.1 Å². The van der Waals surface area contributed by atoms with Gasteiger partial charge in [0.15, 0.2) is 5.76 Å². The quantitative estimate of drug-likeness (QED) is 0.511. The van der Waals surface area contributed by atoms with Crippen LogP contribution in [0.3, 0.4) is 0 Å². The number of para-hydroxylation sites is 1. The SMILES string of the molecule is O=C(N/N=C/c1ccco1)c1ccc(COc2ccccc2Br)o1. The van der Waals surface area contributed by atoms with Gasteiger partial charge in [0.1, 0.15) is 23.9 Å². The average Bonchev–Trinajstić information content (AvgIpc) is 3.26. The summed E-state index contributed by atoms with van der Waals surface area (Å²) in [5.41, 5.74) is 2.36. The summed E-state index contributed by atoms with van der Waals surface area (Å²) in [6.07, 6.45) is 2.92. The molecule has 0 spiro atoms. The van der Waals surface area contributed by atoms with Crippen molar-refractivity contribution in [1.82, 2.24) is 5.43 Å². The number of hydrogen-bond donors (Lipinski definition) is 1. The Kier molecular flexibility index (Phi) is 5.12. The molecule has 24 heavy (non-hydrogen) atoms. The third-order valence-electron chi connectivity index (χ3n) is 2.99. The van der Waals surface area contributed by atoms with Gasteiger partial charge in [-0.1, -0.05) is 12.1 Å². The molecule has 1 aromatic carbocycles. The molecule has 3 aromatic rings. The van der Waals surface area contributed by atoms with Gasteiger partial charge in [-0.15, -0.1) is 0 Å². The Bertz CT molecular complexity index is 840. The van der Waals surface area contributed by atoms with E-state index in [2.05, 4.69) is 26.5 Å². The van der Waals surface area contributed by atoms with Crippen molar-refractivity contribution in [2.75, 3.05) is 0 Å². The molecule has 2 heterocycles. The topological polar surface area (TPSA) is 77.0 Å². The van der Waals surface area contributed by atoms with Crippen molar-refractivity contribution in [3.63, 3.8) is 0 Å². The normalized spacial score (nSPS) is 10.9. The van der Waals surface area contributed by atoms with Crippen LogP contribution in [0.25, 0.3) is 0 Å². The fourth-order valence-electron chi connectivity index (χ4n) is 1.86. The summed E-state index contributed by atoms with van der Waals surface area (Å²) in [6, 6.07) is 14.2. The minimum atomic E-state index is -0.454. The number of furan rings is 2. The van der Waals surface area contributed by atoms with Crippen LogP contribution in [-0.4, -0.2) is 12.1 Å². The van der Waals surface area contributed by atoms with Crippen LogP contribution in [0.4, 0.5) is 0 Å². The molecule has 2 aromatic heterocycles. The highest BCUT2D eigenvalue weighted by Crippen LogP contribution is 2.24. The Hall–Kier alpha value is -2.80. The van der Waals surface area contributed by atoms with E-state index in [1.54, 1.807) is 24.3 Å². The molecular weight excluding hydrogens is 376 g/mol. The maximum Gasteiger partial charge on any atom is 0.307 e. The third-order valence-corrected chi connectivity index (χ3v) is 3.65. The molecule has 1 amide bonds. The first kappa shape index (κ1) is 16.1. The summed E-state index contributed by atoms with van der Waals surface area (Å²) in [6.45, 7) is 0.214. The molecular formula is C17H13BrN2O4. The summed E-state index contributed by atoms with van der Waals surface area (Å²) < 4.78 is 17.0. The molecule has 0 radical (unpaired) electrons. The van der Waals surface area contributed by atoms with Gasteiger partial charge in [-0.2, -0.15) is 5.10 Å². The van der Waals surface area contributed by atoms with Crippen LogP contribution in [0.1, 0.15) is 22.1 Å². The van der Waals surface area contributed by atoms with Gasteiger partial charge < -0.3 is 13.6 Å². The molecule has 1 N–H and O–H groups in total. The number of nitrogens with one attached hydrogen (secondary N) is 1. The Morgan fingerprint density at radius 2 is 2.08 bits per heavy atom. The van der Waals surface area contributed by atoms with E-state index in [1.165, 1.54) is 12.5 Å². The molecule has 3 rings (SSSR count). The van der Waals surface area contributed by atoms with E-state index in [0.29, 0.717) is 17.3 Å². The lowest BCUT2D eigenvalue weighted by atomic mass is 10.3. The van der Waals surface area contributed by atoms with Crippen LogP contribution < -0.4 is 10.2 Å². The zero-order valence-electron chi connectivity index (χ0n) is 12.4. The van der Waals surface area contributed by atoms with Gasteiger partial charge in [0.05, 0.1) is 17.0 Å². The molecule has 6 nitrogen and oxygen atoms in total. The van der Waals surface area contributed by atoms with Gasteiger partial charge in [0.2, 0.25) is 0 Å². The number of rotatable bonds is 6. The van der Waals surface area contributed by atoms with E-state index in [-0.39, 0.29) is 12.4 Å². The Balaban J connectivity index is 1.55. The highest BCUT2D eigenvalue weighted by atomic mass is 79.9. The number of halogens is 1. The van der Waals surface area contributed by atoms with Crippen molar-refractivity contribution < 1.29 is 18.4 Å². The van der Waals surface area contributed by atoms with E-state index in [9.17, 15) is 4.79 Å². The highest BCUT2D eigenvalue weighted by molar-refractivity contribution is 9.10. The number of ether oxygens (including phenoxy) is 1. The maximum atomic E-state index is 11.9. The molecule has 7 heteroatoms. The van der Waals surface area contributed by atoms with Crippen molar-refractivity contribution in [2.45, 2.75) is 6.61 Å². The minimum absolute atomic E-state index is 0.150. The molecule has 0 bridgehead atoms. The van der Waals surface area contributed by atoms with Crippen LogP contribution in [0.15, 0.2) is 73.2 Å². The summed E-state index contributed by atoms with van der Waals surface area (Å²) in [4.78, 5) is 11.9. The first-order chi connectivity index (χ1) is 11.7. The number of hydrazone groups is 1. The lowest BCUT2D eigenvalue weighted by molar-refractivity contribution is 0.0923. The molecule has 122 valence electrons. The molecule has 0 aliphatic heterocycles. The van der Waals surface area contributed by atoms with Crippen LogP contribution >= 0.6 is 15.9 Å². The smallest absolute Gasteiger partial charge is 0.307 e. The first-order valence-corrected chi connectivity index (χ1v) is 7.84. The van der Waals surface area contributed by atoms with Crippen molar-refractivity contribution in [1.29, 1.82) is 0 Å². The summed E-state index contributed by atoms with van der Waals surface area (Å²) >= 11 is 3.40. The van der Waals surface area contributed by atoms with Gasteiger partial charge in [-0.3, -0.25) is 4.79 Å². The fourth-order valence-corrected chi connectivity index (χ4v) is 2.26. The zero-order valence-corrected chi connectivity index (χ0v) is 14.0. The highest BCUT2D eigenvalue weighted by Gasteiger charge is 2.11. The second-order valence-corrected chi connectivity index (χ2v) is 5.55.